The molecule has 0 unspecified atom stereocenters. The van der Waals surface area contributed by atoms with Gasteiger partial charge in [0, 0.05) is 5.92 Å². The quantitative estimate of drug-likeness (QED) is 0.774. The molecule has 2 aromatic carbocycles. The molecule has 1 fully saturated rings. The predicted molar refractivity (Wildman–Crippen MR) is 108 cm³/mol. The van der Waals surface area contributed by atoms with Crippen LogP contribution < -0.4 is 5.32 Å². The van der Waals surface area contributed by atoms with Crippen molar-refractivity contribution in [3.8, 4) is 11.1 Å². The van der Waals surface area contributed by atoms with Gasteiger partial charge in [-0.25, -0.2) is 9.59 Å². The maximum absolute atomic E-state index is 12.5. The molecule has 2 aliphatic carbocycles. The molecule has 0 aliphatic heterocycles. The van der Waals surface area contributed by atoms with Crippen LogP contribution in [0.15, 0.2) is 48.5 Å². The molecule has 0 bridgehead atoms. The van der Waals surface area contributed by atoms with E-state index in [1.807, 2.05) is 24.3 Å². The van der Waals surface area contributed by atoms with Crippen molar-refractivity contribution < 1.29 is 24.2 Å². The van der Waals surface area contributed by atoms with Crippen LogP contribution in [0.5, 0.6) is 0 Å². The van der Waals surface area contributed by atoms with Gasteiger partial charge >= 0.3 is 12.1 Å². The van der Waals surface area contributed by atoms with Crippen LogP contribution in [-0.4, -0.2) is 42.5 Å². The Kier molecular flexibility index (Phi) is 5.81. The Morgan fingerprint density at radius 1 is 0.966 bits per heavy atom. The van der Waals surface area contributed by atoms with Crippen LogP contribution in [0.4, 0.5) is 4.79 Å². The van der Waals surface area contributed by atoms with Gasteiger partial charge in [0.25, 0.3) is 0 Å². The molecule has 0 aromatic heterocycles. The van der Waals surface area contributed by atoms with Crippen LogP contribution in [0.3, 0.4) is 0 Å². The number of fused-ring (bicyclic) bond motifs is 3. The number of hydrogen-bond donors (Lipinski definition) is 2. The Bertz CT molecular complexity index is 851. The van der Waals surface area contributed by atoms with Crippen molar-refractivity contribution in [1.82, 2.24) is 5.32 Å². The smallest absolute Gasteiger partial charge is 0.407 e. The molecule has 6 nitrogen and oxygen atoms in total. The van der Waals surface area contributed by atoms with Gasteiger partial charge in [0.05, 0.1) is 12.1 Å². The number of nitrogens with one attached hydrogen (secondary N) is 1. The number of carboxylic acids is 1. The Morgan fingerprint density at radius 2 is 1.59 bits per heavy atom. The molecule has 2 aliphatic rings. The molecule has 1 saturated carbocycles. The van der Waals surface area contributed by atoms with Gasteiger partial charge in [-0.15, -0.1) is 0 Å². The lowest BCUT2D eigenvalue weighted by Gasteiger charge is -2.31. The summed E-state index contributed by atoms with van der Waals surface area (Å²) in [6.45, 7) is -0.0965. The Hall–Kier alpha value is -2.86. The molecule has 1 amide bonds. The molecular formula is C23H25NO5. The zero-order chi connectivity index (χ0) is 20.2. The van der Waals surface area contributed by atoms with Gasteiger partial charge in [-0.05, 0) is 35.1 Å². The van der Waals surface area contributed by atoms with E-state index in [-0.39, 0.29) is 31.3 Å². The molecule has 0 saturated heterocycles. The number of alkyl carbamates (subject to hydrolysis) is 1. The molecule has 2 N–H and O–H groups in total. The lowest BCUT2D eigenvalue weighted by atomic mass is 9.92. The second kappa shape index (κ2) is 8.66. The molecule has 0 heterocycles. The van der Waals surface area contributed by atoms with Crippen LogP contribution in [0.25, 0.3) is 11.1 Å². The third-order valence-electron chi connectivity index (χ3n) is 5.77. The number of hydrogen-bond acceptors (Lipinski definition) is 4. The largest absolute Gasteiger partial charge is 0.480 e. The molecule has 29 heavy (non-hydrogen) atoms. The number of aliphatic carboxylic acids is 1. The average molecular weight is 395 g/mol. The third-order valence-corrected chi connectivity index (χ3v) is 5.77. The van der Waals surface area contributed by atoms with E-state index in [0.29, 0.717) is 0 Å². The van der Waals surface area contributed by atoms with E-state index in [9.17, 15) is 9.59 Å². The highest BCUT2D eigenvalue weighted by molar-refractivity contribution is 5.79. The van der Waals surface area contributed by atoms with Gasteiger partial charge in [0.1, 0.15) is 13.2 Å². The first kappa shape index (κ1) is 19.5. The molecule has 152 valence electrons. The van der Waals surface area contributed by atoms with E-state index in [1.54, 1.807) is 0 Å². The fourth-order valence-corrected chi connectivity index (χ4v) is 4.43. The number of rotatable bonds is 6. The molecule has 4 rings (SSSR count). The molecule has 2 aromatic rings. The number of carbonyl (C=O) groups excluding carboxylic acids is 1. The Labute approximate surface area is 169 Å². The van der Waals surface area contributed by atoms with Crippen LogP contribution in [0, 0.1) is 0 Å². The zero-order valence-electron chi connectivity index (χ0n) is 16.2. The number of amides is 1. The van der Waals surface area contributed by atoms with Crippen molar-refractivity contribution in [3.05, 3.63) is 59.7 Å². The van der Waals surface area contributed by atoms with Gasteiger partial charge in [0.2, 0.25) is 0 Å². The summed E-state index contributed by atoms with van der Waals surface area (Å²) in [6, 6.07) is 16.2. The van der Waals surface area contributed by atoms with Gasteiger partial charge in [-0.3, -0.25) is 0 Å². The maximum atomic E-state index is 12.5. The minimum Gasteiger partial charge on any atom is -0.480 e. The summed E-state index contributed by atoms with van der Waals surface area (Å²) in [4.78, 5) is 23.3. The molecule has 6 heteroatoms. The lowest BCUT2D eigenvalue weighted by Crippen LogP contribution is -2.47. The van der Waals surface area contributed by atoms with E-state index in [1.165, 1.54) is 22.3 Å². The first-order valence-electron chi connectivity index (χ1n) is 10.1. The molecule has 2 atom stereocenters. The van der Waals surface area contributed by atoms with Crippen molar-refractivity contribution in [3.63, 3.8) is 0 Å². The summed E-state index contributed by atoms with van der Waals surface area (Å²) in [5.74, 6) is -0.992. The maximum Gasteiger partial charge on any atom is 0.407 e. The first-order valence-corrected chi connectivity index (χ1v) is 10.1. The molecule has 0 radical (unpaired) electrons. The van der Waals surface area contributed by atoms with E-state index < -0.39 is 12.1 Å². The van der Waals surface area contributed by atoms with E-state index in [2.05, 4.69) is 29.6 Å². The van der Waals surface area contributed by atoms with E-state index >= 15 is 0 Å². The van der Waals surface area contributed by atoms with Gasteiger partial charge in [-0.1, -0.05) is 61.4 Å². The highest BCUT2D eigenvalue weighted by Crippen LogP contribution is 2.44. The molecule has 0 spiro atoms. The van der Waals surface area contributed by atoms with Crippen LogP contribution >= 0.6 is 0 Å². The summed E-state index contributed by atoms with van der Waals surface area (Å²) in [7, 11) is 0. The van der Waals surface area contributed by atoms with Crippen molar-refractivity contribution in [2.75, 3.05) is 13.2 Å². The minimum atomic E-state index is -1.00. The number of ether oxygens (including phenoxy) is 2. The molecular weight excluding hydrogens is 370 g/mol. The van der Waals surface area contributed by atoms with Gasteiger partial charge in [-0.2, -0.15) is 0 Å². The SMILES string of the molecule is O=C(O)CO[C@H]1CCCC[C@@H]1NC(=O)OCC1c2ccccc2-c2ccccc21. The standard InChI is InChI=1S/C23H25NO5/c25-22(26)14-28-21-12-6-5-11-20(21)24-23(27)29-13-19-17-9-3-1-7-15(17)16-8-2-4-10-18(16)19/h1-4,7-10,19-21H,5-6,11-14H2,(H,24,27)(H,25,26)/t20-,21-/m0/s1. The fraction of sp³-hybridized carbons (Fsp3) is 0.391. The number of benzene rings is 2. The average Bonchev–Trinajstić information content (AvgIpc) is 3.05. The summed E-state index contributed by atoms with van der Waals surface area (Å²) >= 11 is 0. The second-order valence-corrected chi connectivity index (χ2v) is 7.60. The summed E-state index contributed by atoms with van der Waals surface area (Å²) in [6.07, 6.45) is 2.66. The van der Waals surface area contributed by atoms with E-state index in [0.717, 1.165) is 25.7 Å². The lowest BCUT2D eigenvalue weighted by molar-refractivity contribution is -0.145. The summed E-state index contributed by atoms with van der Waals surface area (Å²) < 4.78 is 11.1. The topological polar surface area (TPSA) is 84.9 Å². The first-order chi connectivity index (χ1) is 14.1. The van der Waals surface area contributed by atoms with Crippen LogP contribution in [-0.2, 0) is 14.3 Å². The Morgan fingerprint density at radius 3 is 2.24 bits per heavy atom. The zero-order valence-corrected chi connectivity index (χ0v) is 16.2. The number of carboxylic acid groups (broad SMARTS) is 1. The highest BCUT2D eigenvalue weighted by atomic mass is 16.6. The van der Waals surface area contributed by atoms with Crippen molar-refractivity contribution in [1.29, 1.82) is 0 Å². The summed E-state index contributed by atoms with van der Waals surface area (Å²) in [5.41, 5.74) is 4.71. The van der Waals surface area contributed by atoms with E-state index in [4.69, 9.17) is 14.6 Å². The minimum absolute atomic E-state index is 0.0126. The van der Waals surface area contributed by atoms with Crippen LogP contribution in [0.2, 0.25) is 0 Å². The monoisotopic (exact) mass is 395 g/mol. The predicted octanol–water partition coefficient (Wildman–Crippen LogP) is 3.94. The number of carbonyl (C=O) groups is 2. The second-order valence-electron chi connectivity index (χ2n) is 7.60. The normalized spacial score (nSPS) is 20.6. The third kappa shape index (κ3) is 4.27. The highest BCUT2D eigenvalue weighted by Gasteiger charge is 2.31. The van der Waals surface area contributed by atoms with Gasteiger partial charge in [0.15, 0.2) is 0 Å². The summed E-state index contributed by atoms with van der Waals surface area (Å²) in [5, 5.41) is 11.7. The van der Waals surface area contributed by atoms with Crippen LogP contribution in [0.1, 0.15) is 42.7 Å². The Balaban J connectivity index is 1.39. The van der Waals surface area contributed by atoms with Crippen molar-refractivity contribution >= 4 is 12.1 Å². The van der Waals surface area contributed by atoms with Crippen molar-refractivity contribution in [2.45, 2.75) is 43.7 Å². The van der Waals surface area contributed by atoms with Crippen molar-refractivity contribution in [2.24, 2.45) is 0 Å². The van der Waals surface area contributed by atoms with Gasteiger partial charge < -0.3 is 19.9 Å². The fourth-order valence-electron chi connectivity index (χ4n) is 4.43.